The molecular formula is C14H29N3O2. The number of rotatable bonds is 7. The van der Waals surface area contributed by atoms with Crippen molar-refractivity contribution in [2.45, 2.75) is 44.8 Å². The second kappa shape index (κ2) is 7.82. The fraction of sp³-hybridized carbons (Fsp3) is 0.929. The van der Waals surface area contributed by atoms with Gasteiger partial charge in [-0.05, 0) is 39.7 Å². The minimum absolute atomic E-state index is 0.0487. The van der Waals surface area contributed by atoms with E-state index in [-0.39, 0.29) is 11.5 Å². The van der Waals surface area contributed by atoms with E-state index in [9.17, 15) is 4.79 Å². The Morgan fingerprint density at radius 3 is 2.53 bits per heavy atom. The number of nitrogens with one attached hydrogen (secondary N) is 2. The zero-order valence-corrected chi connectivity index (χ0v) is 12.8. The Bertz CT molecular complexity index is 274. The second-order valence-electron chi connectivity index (χ2n) is 5.89. The molecule has 1 heterocycles. The Balaban J connectivity index is 2.15. The molecule has 5 nitrogen and oxygen atoms in total. The van der Waals surface area contributed by atoms with Crippen LogP contribution in [0.2, 0.25) is 0 Å². The highest BCUT2D eigenvalue weighted by Crippen LogP contribution is 2.13. The molecule has 0 spiro atoms. The number of likely N-dealkylation sites (tertiary alicyclic amines) is 1. The summed E-state index contributed by atoms with van der Waals surface area (Å²) in [5.41, 5.74) is -0.0487. The average molecular weight is 271 g/mol. The van der Waals surface area contributed by atoms with Crippen molar-refractivity contribution in [2.24, 2.45) is 0 Å². The van der Waals surface area contributed by atoms with Crippen LogP contribution in [0.1, 0.15) is 33.1 Å². The van der Waals surface area contributed by atoms with Gasteiger partial charge in [0.2, 0.25) is 5.91 Å². The van der Waals surface area contributed by atoms with Crippen molar-refractivity contribution in [3.63, 3.8) is 0 Å². The van der Waals surface area contributed by atoms with E-state index in [2.05, 4.69) is 29.4 Å². The topological polar surface area (TPSA) is 53.6 Å². The molecule has 0 aliphatic carbocycles. The number of hydrogen-bond acceptors (Lipinski definition) is 4. The molecule has 1 aliphatic heterocycles. The lowest BCUT2D eigenvalue weighted by Gasteiger charge is -2.32. The Hall–Kier alpha value is -0.650. The third kappa shape index (κ3) is 6.36. The quantitative estimate of drug-likeness (QED) is 0.712. The van der Waals surface area contributed by atoms with E-state index in [0.29, 0.717) is 12.6 Å². The van der Waals surface area contributed by atoms with Gasteiger partial charge in [0.1, 0.15) is 0 Å². The summed E-state index contributed by atoms with van der Waals surface area (Å²) >= 11 is 0. The Morgan fingerprint density at radius 1 is 1.37 bits per heavy atom. The lowest BCUT2D eigenvalue weighted by atomic mass is 10.0. The van der Waals surface area contributed by atoms with Crippen LogP contribution in [0.3, 0.4) is 0 Å². The Labute approximate surface area is 117 Å². The lowest BCUT2D eigenvalue weighted by molar-refractivity contribution is -0.122. The molecule has 0 atom stereocenters. The molecule has 2 N–H and O–H groups in total. The van der Waals surface area contributed by atoms with E-state index in [1.165, 1.54) is 0 Å². The minimum atomic E-state index is -0.0487. The average Bonchev–Trinajstić information content (AvgIpc) is 2.40. The Kier molecular flexibility index (Phi) is 6.75. The summed E-state index contributed by atoms with van der Waals surface area (Å²) in [6.07, 6.45) is 3.25. The second-order valence-corrected chi connectivity index (χ2v) is 5.89. The summed E-state index contributed by atoms with van der Waals surface area (Å²) in [5, 5.41) is 6.26. The lowest BCUT2D eigenvalue weighted by Crippen LogP contribution is -2.46. The van der Waals surface area contributed by atoms with E-state index < -0.39 is 0 Å². The minimum Gasteiger partial charge on any atom is -0.379 e. The molecule has 1 fully saturated rings. The third-order valence-electron chi connectivity index (χ3n) is 3.95. The van der Waals surface area contributed by atoms with Gasteiger partial charge in [-0.25, -0.2) is 0 Å². The first kappa shape index (κ1) is 16.4. The molecule has 19 heavy (non-hydrogen) atoms. The number of nitrogens with zero attached hydrogens (tertiary/aromatic N) is 1. The van der Waals surface area contributed by atoms with E-state index in [1.807, 2.05) is 0 Å². The predicted molar refractivity (Wildman–Crippen MR) is 77.2 cm³/mol. The molecule has 5 heteroatoms. The first-order valence-corrected chi connectivity index (χ1v) is 7.18. The van der Waals surface area contributed by atoms with Crippen LogP contribution in [0, 0.1) is 0 Å². The van der Waals surface area contributed by atoms with E-state index >= 15 is 0 Å². The van der Waals surface area contributed by atoms with Crippen LogP contribution in [0.4, 0.5) is 0 Å². The summed E-state index contributed by atoms with van der Waals surface area (Å²) in [4.78, 5) is 13.5. The first-order valence-electron chi connectivity index (χ1n) is 7.18. The van der Waals surface area contributed by atoms with Gasteiger partial charge in [0.15, 0.2) is 0 Å². The number of methoxy groups -OCH3 is 1. The molecule has 0 saturated carbocycles. The molecule has 1 amide bonds. The number of carbonyl (C=O) groups is 1. The first-order chi connectivity index (χ1) is 8.96. The van der Waals surface area contributed by atoms with Crippen molar-refractivity contribution in [2.75, 3.05) is 40.3 Å². The zero-order chi connectivity index (χ0) is 14.3. The van der Waals surface area contributed by atoms with Crippen LogP contribution in [-0.4, -0.2) is 62.8 Å². The van der Waals surface area contributed by atoms with Crippen LogP contribution < -0.4 is 10.6 Å². The van der Waals surface area contributed by atoms with Crippen LogP contribution >= 0.6 is 0 Å². The summed E-state index contributed by atoms with van der Waals surface area (Å²) in [5.74, 6) is 0.105. The standard InChI is InChI=1S/C14H29N3O2/c1-14(2,19-4)7-8-16-12-5-9-17(10-6-12)11-13(18)15-3/h12,16H,5-11H2,1-4H3,(H,15,18). The van der Waals surface area contributed by atoms with Crippen molar-refractivity contribution < 1.29 is 9.53 Å². The number of amides is 1. The van der Waals surface area contributed by atoms with Crippen molar-refractivity contribution >= 4 is 5.91 Å². The SMILES string of the molecule is CNC(=O)CN1CCC(NCCC(C)(C)OC)CC1. The number of hydrogen-bond donors (Lipinski definition) is 2. The third-order valence-corrected chi connectivity index (χ3v) is 3.95. The monoisotopic (exact) mass is 271 g/mol. The highest BCUT2D eigenvalue weighted by molar-refractivity contribution is 5.77. The van der Waals surface area contributed by atoms with E-state index in [4.69, 9.17) is 4.74 Å². The van der Waals surface area contributed by atoms with Crippen LogP contribution in [0.15, 0.2) is 0 Å². The smallest absolute Gasteiger partial charge is 0.233 e. The van der Waals surface area contributed by atoms with Gasteiger partial charge in [-0.3, -0.25) is 9.69 Å². The molecule has 0 radical (unpaired) electrons. The summed E-state index contributed by atoms with van der Waals surface area (Å²) in [7, 11) is 3.45. The summed E-state index contributed by atoms with van der Waals surface area (Å²) in [6.45, 7) is 7.74. The molecular weight excluding hydrogens is 242 g/mol. The molecule has 112 valence electrons. The number of carbonyl (C=O) groups excluding carboxylic acids is 1. The fourth-order valence-electron chi connectivity index (χ4n) is 2.26. The molecule has 0 bridgehead atoms. The van der Waals surface area contributed by atoms with Gasteiger partial charge < -0.3 is 15.4 Å². The molecule has 1 aliphatic rings. The highest BCUT2D eigenvalue weighted by atomic mass is 16.5. The fourth-order valence-corrected chi connectivity index (χ4v) is 2.26. The predicted octanol–water partition coefficient (Wildman–Crippen LogP) is 0.602. The molecule has 1 saturated heterocycles. The van der Waals surface area contributed by atoms with Crippen molar-refractivity contribution in [1.82, 2.24) is 15.5 Å². The van der Waals surface area contributed by atoms with Crippen molar-refractivity contribution in [1.29, 1.82) is 0 Å². The van der Waals surface area contributed by atoms with Gasteiger partial charge in [-0.15, -0.1) is 0 Å². The largest absolute Gasteiger partial charge is 0.379 e. The maximum atomic E-state index is 11.3. The summed E-state index contributed by atoms with van der Waals surface area (Å²) < 4.78 is 5.41. The van der Waals surface area contributed by atoms with E-state index in [0.717, 1.165) is 38.9 Å². The van der Waals surface area contributed by atoms with Crippen LogP contribution in [0.25, 0.3) is 0 Å². The van der Waals surface area contributed by atoms with Crippen molar-refractivity contribution in [3.05, 3.63) is 0 Å². The van der Waals surface area contributed by atoms with Gasteiger partial charge in [0.25, 0.3) is 0 Å². The van der Waals surface area contributed by atoms with Gasteiger partial charge >= 0.3 is 0 Å². The Morgan fingerprint density at radius 2 is 2.00 bits per heavy atom. The van der Waals surface area contributed by atoms with Gasteiger partial charge in [0.05, 0.1) is 12.1 Å². The maximum absolute atomic E-state index is 11.3. The van der Waals surface area contributed by atoms with Gasteiger partial charge in [0, 0.05) is 33.3 Å². The molecule has 0 unspecified atom stereocenters. The number of ether oxygens (including phenoxy) is 1. The molecule has 0 aromatic carbocycles. The molecule has 0 aromatic heterocycles. The highest BCUT2D eigenvalue weighted by Gasteiger charge is 2.21. The normalized spacial score (nSPS) is 18.5. The van der Waals surface area contributed by atoms with Gasteiger partial charge in [-0.2, -0.15) is 0 Å². The molecule has 1 rings (SSSR count). The number of likely N-dealkylation sites (N-methyl/N-ethyl adjacent to an activating group) is 1. The zero-order valence-electron chi connectivity index (χ0n) is 12.8. The van der Waals surface area contributed by atoms with E-state index in [1.54, 1.807) is 14.2 Å². The molecule has 0 aromatic rings. The number of piperidine rings is 1. The van der Waals surface area contributed by atoms with Crippen LogP contribution in [0.5, 0.6) is 0 Å². The van der Waals surface area contributed by atoms with Crippen molar-refractivity contribution in [3.8, 4) is 0 Å². The summed E-state index contributed by atoms with van der Waals surface area (Å²) in [6, 6.07) is 0.577. The van der Waals surface area contributed by atoms with Gasteiger partial charge in [-0.1, -0.05) is 0 Å². The maximum Gasteiger partial charge on any atom is 0.233 e. The van der Waals surface area contributed by atoms with Crippen LogP contribution in [-0.2, 0) is 9.53 Å².